The molecule has 2 aliphatic rings. The highest BCUT2D eigenvalue weighted by atomic mass is 16.4. The standard InChI is InChI=1S/C27H31N5O2/c33-27(34)22-18-24(32-15-13-28-14-16-32)31-26(25(22)19-7-3-1-4-8-19)20-11-12-29-23(17-20)30-21-9-5-2-6-10-21/h1,3-4,7-8,11-12,17-18,21,28H,2,5-6,9-10,13-16H2,(H,29,30)(H,33,34). The third kappa shape index (κ3) is 4.89. The Morgan fingerprint density at radius 1 is 1.00 bits per heavy atom. The molecule has 0 radical (unpaired) electrons. The van der Waals surface area contributed by atoms with E-state index >= 15 is 0 Å². The maximum atomic E-state index is 12.5. The Labute approximate surface area is 200 Å². The largest absolute Gasteiger partial charge is 0.478 e. The molecule has 0 bridgehead atoms. The van der Waals surface area contributed by atoms with Gasteiger partial charge in [-0.05, 0) is 36.6 Å². The number of hydrogen-bond donors (Lipinski definition) is 3. The van der Waals surface area contributed by atoms with Gasteiger partial charge in [-0.2, -0.15) is 0 Å². The first-order valence-corrected chi connectivity index (χ1v) is 12.2. The van der Waals surface area contributed by atoms with Crippen molar-refractivity contribution in [2.24, 2.45) is 0 Å². The molecule has 0 spiro atoms. The van der Waals surface area contributed by atoms with E-state index in [1.165, 1.54) is 19.3 Å². The zero-order valence-electron chi connectivity index (χ0n) is 19.3. The number of carbonyl (C=O) groups is 1. The van der Waals surface area contributed by atoms with Crippen LogP contribution in [0.2, 0.25) is 0 Å². The number of aromatic carboxylic acids is 1. The molecule has 3 N–H and O–H groups in total. The van der Waals surface area contributed by atoms with Crippen LogP contribution >= 0.6 is 0 Å². The van der Waals surface area contributed by atoms with Crippen LogP contribution in [0.3, 0.4) is 0 Å². The summed E-state index contributed by atoms with van der Waals surface area (Å²) in [7, 11) is 0. The number of anilines is 2. The van der Waals surface area contributed by atoms with Crippen LogP contribution in [0.5, 0.6) is 0 Å². The molecule has 2 aromatic heterocycles. The topological polar surface area (TPSA) is 90.4 Å². The van der Waals surface area contributed by atoms with Gasteiger partial charge in [0, 0.05) is 49.5 Å². The van der Waals surface area contributed by atoms with E-state index < -0.39 is 5.97 Å². The third-order valence-electron chi connectivity index (χ3n) is 6.73. The minimum absolute atomic E-state index is 0.267. The van der Waals surface area contributed by atoms with Crippen LogP contribution in [0.15, 0.2) is 54.7 Å². The number of carboxylic acid groups (broad SMARTS) is 1. The van der Waals surface area contributed by atoms with Crippen LogP contribution in [-0.2, 0) is 0 Å². The second-order valence-corrected chi connectivity index (χ2v) is 9.07. The summed E-state index contributed by atoms with van der Waals surface area (Å²) in [6, 6.07) is 15.8. The van der Waals surface area contributed by atoms with Crippen LogP contribution in [0.1, 0.15) is 42.5 Å². The Bertz CT molecular complexity index is 1140. The molecule has 34 heavy (non-hydrogen) atoms. The Morgan fingerprint density at radius 3 is 2.50 bits per heavy atom. The molecule has 1 saturated heterocycles. The van der Waals surface area contributed by atoms with Crippen molar-refractivity contribution in [2.75, 3.05) is 36.4 Å². The Balaban J connectivity index is 1.62. The fourth-order valence-corrected chi connectivity index (χ4v) is 4.97. The van der Waals surface area contributed by atoms with Crippen LogP contribution < -0.4 is 15.5 Å². The van der Waals surface area contributed by atoms with Crippen molar-refractivity contribution in [3.63, 3.8) is 0 Å². The van der Waals surface area contributed by atoms with Gasteiger partial charge in [0.15, 0.2) is 0 Å². The van der Waals surface area contributed by atoms with E-state index in [1.54, 1.807) is 12.3 Å². The summed E-state index contributed by atoms with van der Waals surface area (Å²) in [5.41, 5.74) is 3.29. The molecule has 1 saturated carbocycles. The van der Waals surface area contributed by atoms with Crippen LogP contribution in [0.4, 0.5) is 11.6 Å². The Hall–Kier alpha value is -3.45. The highest BCUT2D eigenvalue weighted by molar-refractivity contribution is 6.01. The molecule has 0 unspecified atom stereocenters. The number of nitrogens with zero attached hydrogens (tertiary/aromatic N) is 3. The van der Waals surface area contributed by atoms with Gasteiger partial charge in [0.25, 0.3) is 0 Å². The fraction of sp³-hybridized carbons (Fsp3) is 0.370. The minimum atomic E-state index is -0.950. The molecule has 1 aliphatic carbocycles. The monoisotopic (exact) mass is 457 g/mol. The number of aromatic nitrogens is 2. The zero-order valence-corrected chi connectivity index (χ0v) is 19.3. The number of nitrogens with one attached hydrogen (secondary N) is 2. The smallest absolute Gasteiger partial charge is 0.336 e. The predicted molar refractivity (Wildman–Crippen MR) is 135 cm³/mol. The van der Waals surface area contributed by atoms with Gasteiger partial charge in [-0.25, -0.2) is 14.8 Å². The first-order valence-electron chi connectivity index (χ1n) is 12.2. The van der Waals surface area contributed by atoms with Gasteiger partial charge in [0.05, 0.1) is 11.3 Å². The average Bonchev–Trinajstić information content (AvgIpc) is 2.89. The highest BCUT2D eigenvalue weighted by Gasteiger charge is 2.24. The van der Waals surface area contributed by atoms with E-state index in [1.807, 2.05) is 42.5 Å². The first kappa shape index (κ1) is 22.3. The number of piperazine rings is 1. The quantitative estimate of drug-likeness (QED) is 0.496. The lowest BCUT2D eigenvalue weighted by Gasteiger charge is -2.29. The number of pyridine rings is 2. The molecular weight excluding hydrogens is 426 g/mol. The van der Waals surface area contributed by atoms with E-state index in [9.17, 15) is 9.90 Å². The molecular formula is C27H31N5O2. The Kier molecular flexibility index (Phi) is 6.72. The molecule has 7 nitrogen and oxygen atoms in total. The molecule has 3 heterocycles. The van der Waals surface area contributed by atoms with E-state index in [0.717, 1.165) is 56.0 Å². The van der Waals surface area contributed by atoms with Gasteiger partial charge in [-0.15, -0.1) is 0 Å². The number of hydrogen-bond acceptors (Lipinski definition) is 6. The van der Waals surface area contributed by atoms with Gasteiger partial charge in [0.1, 0.15) is 11.6 Å². The highest BCUT2D eigenvalue weighted by Crippen LogP contribution is 2.37. The fourth-order valence-electron chi connectivity index (χ4n) is 4.97. The van der Waals surface area contributed by atoms with Crippen LogP contribution in [0, 0.1) is 0 Å². The van der Waals surface area contributed by atoms with Crippen molar-refractivity contribution < 1.29 is 9.90 Å². The number of benzene rings is 1. The van der Waals surface area contributed by atoms with Gasteiger partial charge in [-0.3, -0.25) is 0 Å². The van der Waals surface area contributed by atoms with Gasteiger partial charge < -0.3 is 20.6 Å². The average molecular weight is 458 g/mol. The van der Waals surface area contributed by atoms with Crippen molar-refractivity contribution in [1.29, 1.82) is 0 Å². The molecule has 5 rings (SSSR count). The first-order chi connectivity index (χ1) is 16.7. The van der Waals surface area contributed by atoms with E-state index in [4.69, 9.17) is 4.98 Å². The lowest BCUT2D eigenvalue weighted by Crippen LogP contribution is -2.44. The second kappa shape index (κ2) is 10.2. The van der Waals surface area contributed by atoms with E-state index in [-0.39, 0.29) is 5.56 Å². The predicted octanol–water partition coefficient (Wildman–Crippen LogP) is 4.66. The zero-order chi connectivity index (χ0) is 23.3. The van der Waals surface area contributed by atoms with Crippen molar-refractivity contribution in [2.45, 2.75) is 38.1 Å². The number of rotatable bonds is 6. The van der Waals surface area contributed by atoms with Crippen molar-refractivity contribution in [3.8, 4) is 22.4 Å². The molecule has 1 aromatic carbocycles. The van der Waals surface area contributed by atoms with E-state index in [0.29, 0.717) is 23.1 Å². The van der Waals surface area contributed by atoms with Crippen LogP contribution in [-0.4, -0.2) is 53.3 Å². The van der Waals surface area contributed by atoms with Gasteiger partial charge in [-0.1, -0.05) is 49.6 Å². The summed E-state index contributed by atoms with van der Waals surface area (Å²) >= 11 is 0. The molecule has 0 amide bonds. The summed E-state index contributed by atoms with van der Waals surface area (Å²) in [4.78, 5) is 24.2. The maximum Gasteiger partial charge on any atom is 0.336 e. The summed E-state index contributed by atoms with van der Waals surface area (Å²) < 4.78 is 0. The second-order valence-electron chi connectivity index (χ2n) is 9.07. The van der Waals surface area contributed by atoms with Crippen molar-refractivity contribution in [3.05, 3.63) is 60.3 Å². The molecule has 0 atom stereocenters. The van der Waals surface area contributed by atoms with E-state index in [2.05, 4.69) is 20.5 Å². The van der Waals surface area contributed by atoms with Crippen LogP contribution in [0.25, 0.3) is 22.4 Å². The third-order valence-corrected chi connectivity index (χ3v) is 6.73. The van der Waals surface area contributed by atoms with Crippen molar-refractivity contribution >= 4 is 17.6 Å². The molecule has 7 heteroatoms. The Morgan fingerprint density at radius 2 is 1.76 bits per heavy atom. The molecule has 3 aromatic rings. The SMILES string of the molecule is O=C(O)c1cc(N2CCNCC2)nc(-c2ccnc(NC3CCCCC3)c2)c1-c1ccccc1. The molecule has 2 fully saturated rings. The summed E-state index contributed by atoms with van der Waals surface area (Å²) in [5.74, 6) is 0.565. The van der Waals surface area contributed by atoms with Gasteiger partial charge >= 0.3 is 5.97 Å². The summed E-state index contributed by atoms with van der Waals surface area (Å²) in [6.07, 6.45) is 7.88. The lowest BCUT2D eigenvalue weighted by atomic mass is 9.94. The van der Waals surface area contributed by atoms with Gasteiger partial charge in [0.2, 0.25) is 0 Å². The summed E-state index contributed by atoms with van der Waals surface area (Å²) in [6.45, 7) is 3.29. The normalized spacial score (nSPS) is 16.9. The molecule has 176 valence electrons. The number of carboxylic acids is 1. The maximum absolute atomic E-state index is 12.5. The molecule has 1 aliphatic heterocycles. The summed E-state index contributed by atoms with van der Waals surface area (Å²) in [5, 5.41) is 17.1. The van der Waals surface area contributed by atoms with Crippen molar-refractivity contribution in [1.82, 2.24) is 15.3 Å². The lowest BCUT2D eigenvalue weighted by molar-refractivity contribution is 0.0697. The minimum Gasteiger partial charge on any atom is -0.478 e.